The van der Waals surface area contributed by atoms with Crippen LogP contribution in [-0.4, -0.2) is 28.9 Å². The van der Waals surface area contributed by atoms with E-state index in [4.69, 9.17) is 4.98 Å². The van der Waals surface area contributed by atoms with Crippen LogP contribution < -0.4 is 5.32 Å². The Morgan fingerprint density at radius 2 is 2.08 bits per heavy atom. The molecule has 2 aromatic carbocycles. The van der Waals surface area contributed by atoms with E-state index < -0.39 is 11.6 Å². The number of benzene rings is 2. The molecule has 1 N–H and O–H groups in total. The van der Waals surface area contributed by atoms with Gasteiger partial charge in [-0.1, -0.05) is 12.1 Å². The van der Waals surface area contributed by atoms with Gasteiger partial charge in [-0.25, -0.2) is 13.8 Å². The number of rotatable bonds is 4. The van der Waals surface area contributed by atoms with E-state index in [0.717, 1.165) is 46.7 Å². The molecular weight excluding hydrogens is 356 g/mol. The van der Waals surface area contributed by atoms with Gasteiger partial charge in [0, 0.05) is 11.8 Å². The van der Waals surface area contributed by atoms with Crippen molar-refractivity contribution in [2.75, 3.05) is 18.4 Å². The van der Waals surface area contributed by atoms with Crippen molar-refractivity contribution in [1.29, 1.82) is 0 Å². The molecule has 1 aliphatic rings. The summed E-state index contributed by atoms with van der Waals surface area (Å²) in [5.74, 6) is -2.15. The number of thiazole rings is 1. The standard InChI is InChI=1S/C19H17F2N3OS/c20-13-8-7-12(10-14(13)21)22-18(25)11-24-9-3-5-16(24)19-23-15-4-1-2-6-17(15)26-19/h1-2,4,6-8,10,16H,3,5,9,11H2,(H,22,25)/t16-/m1/s1. The van der Waals surface area contributed by atoms with Crippen LogP contribution in [0.5, 0.6) is 0 Å². The number of likely N-dealkylation sites (tertiary alicyclic amines) is 1. The van der Waals surface area contributed by atoms with Gasteiger partial charge in [-0.05, 0) is 43.7 Å². The fraction of sp³-hybridized carbons (Fsp3) is 0.263. The third-order valence-corrected chi connectivity index (χ3v) is 5.65. The van der Waals surface area contributed by atoms with E-state index in [-0.39, 0.29) is 24.2 Å². The zero-order chi connectivity index (χ0) is 18.1. The van der Waals surface area contributed by atoms with Crippen LogP contribution in [0.4, 0.5) is 14.5 Å². The average Bonchev–Trinajstić information content (AvgIpc) is 3.24. The zero-order valence-electron chi connectivity index (χ0n) is 13.9. The lowest BCUT2D eigenvalue weighted by atomic mass is 10.2. The Morgan fingerprint density at radius 3 is 2.88 bits per heavy atom. The first-order chi connectivity index (χ1) is 12.6. The third kappa shape index (κ3) is 3.45. The van der Waals surface area contributed by atoms with E-state index in [9.17, 15) is 13.6 Å². The molecule has 1 fully saturated rings. The molecule has 4 rings (SSSR count). The highest BCUT2D eigenvalue weighted by atomic mass is 32.1. The molecule has 1 aliphatic heterocycles. The lowest BCUT2D eigenvalue weighted by molar-refractivity contribution is -0.117. The van der Waals surface area contributed by atoms with Crippen molar-refractivity contribution < 1.29 is 13.6 Å². The minimum Gasteiger partial charge on any atom is -0.325 e. The molecule has 3 aromatic rings. The fourth-order valence-corrected chi connectivity index (χ4v) is 4.42. The van der Waals surface area contributed by atoms with Crippen LogP contribution in [0.1, 0.15) is 23.9 Å². The van der Waals surface area contributed by atoms with Crippen molar-refractivity contribution >= 4 is 33.1 Å². The Bertz CT molecular complexity index is 926. The second kappa shape index (κ2) is 7.09. The minimum atomic E-state index is -0.976. The molecule has 134 valence electrons. The quantitative estimate of drug-likeness (QED) is 0.740. The molecule has 4 nitrogen and oxygen atoms in total. The third-order valence-electron chi connectivity index (χ3n) is 4.51. The molecule has 0 unspecified atom stereocenters. The summed E-state index contributed by atoms with van der Waals surface area (Å²) in [7, 11) is 0. The highest BCUT2D eigenvalue weighted by molar-refractivity contribution is 7.18. The first-order valence-electron chi connectivity index (χ1n) is 8.44. The van der Waals surface area contributed by atoms with Gasteiger partial charge in [-0.2, -0.15) is 0 Å². The van der Waals surface area contributed by atoms with Gasteiger partial charge in [0.05, 0.1) is 22.8 Å². The summed E-state index contributed by atoms with van der Waals surface area (Å²) in [5.41, 5.74) is 1.23. The van der Waals surface area contributed by atoms with Gasteiger partial charge < -0.3 is 5.32 Å². The van der Waals surface area contributed by atoms with Crippen molar-refractivity contribution in [3.05, 3.63) is 59.1 Å². The Labute approximate surface area is 153 Å². The van der Waals surface area contributed by atoms with E-state index in [1.54, 1.807) is 11.3 Å². The molecule has 0 saturated carbocycles. The monoisotopic (exact) mass is 373 g/mol. The highest BCUT2D eigenvalue weighted by Crippen LogP contribution is 2.36. The normalized spacial score (nSPS) is 17.7. The smallest absolute Gasteiger partial charge is 0.238 e. The van der Waals surface area contributed by atoms with Crippen LogP contribution in [0.2, 0.25) is 0 Å². The summed E-state index contributed by atoms with van der Waals surface area (Å²) in [6, 6.07) is 11.5. The SMILES string of the molecule is O=C(CN1CCC[C@@H]1c1nc2ccccc2s1)Nc1ccc(F)c(F)c1. The van der Waals surface area contributed by atoms with Gasteiger partial charge in [0.15, 0.2) is 11.6 Å². The number of nitrogens with one attached hydrogen (secondary N) is 1. The van der Waals surface area contributed by atoms with Crippen LogP contribution in [0.15, 0.2) is 42.5 Å². The van der Waals surface area contributed by atoms with Crippen molar-refractivity contribution in [2.45, 2.75) is 18.9 Å². The number of hydrogen-bond donors (Lipinski definition) is 1. The topological polar surface area (TPSA) is 45.2 Å². The molecule has 1 saturated heterocycles. The first kappa shape index (κ1) is 17.1. The van der Waals surface area contributed by atoms with Crippen molar-refractivity contribution in [2.24, 2.45) is 0 Å². The zero-order valence-corrected chi connectivity index (χ0v) is 14.7. The largest absolute Gasteiger partial charge is 0.325 e. The number of halogens is 2. The summed E-state index contributed by atoms with van der Waals surface area (Å²) in [6.45, 7) is 1.01. The second-order valence-corrected chi connectivity index (χ2v) is 7.39. The number of amides is 1. The van der Waals surface area contributed by atoms with Crippen LogP contribution >= 0.6 is 11.3 Å². The molecular formula is C19H17F2N3OS. The van der Waals surface area contributed by atoms with Crippen molar-refractivity contribution in [3.8, 4) is 0 Å². The Balaban J connectivity index is 1.46. The van der Waals surface area contributed by atoms with E-state index in [0.29, 0.717) is 0 Å². The molecule has 2 heterocycles. The van der Waals surface area contributed by atoms with Gasteiger partial charge in [-0.3, -0.25) is 9.69 Å². The lowest BCUT2D eigenvalue weighted by Gasteiger charge is -2.22. The molecule has 0 spiro atoms. The molecule has 0 bridgehead atoms. The van der Waals surface area contributed by atoms with Crippen molar-refractivity contribution in [3.63, 3.8) is 0 Å². The number of carbonyl (C=O) groups excluding carboxylic acids is 1. The first-order valence-corrected chi connectivity index (χ1v) is 9.26. The van der Waals surface area contributed by atoms with E-state index in [1.165, 1.54) is 6.07 Å². The van der Waals surface area contributed by atoms with Crippen LogP contribution in [0.25, 0.3) is 10.2 Å². The number of anilines is 1. The number of nitrogens with zero attached hydrogens (tertiary/aromatic N) is 2. The van der Waals surface area contributed by atoms with Crippen LogP contribution in [-0.2, 0) is 4.79 Å². The predicted octanol–water partition coefficient (Wildman–Crippen LogP) is 4.35. The van der Waals surface area contributed by atoms with Gasteiger partial charge in [0.1, 0.15) is 5.01 Å². The summed E-state index contributed by atoms with van der Waals surface area (Å²) in [4.78, 5) is 19.1. The Hall–Kier alpha value is -2.38. The molecule has 7 heteroatoms. The number of para-hydroxylation sites is 1. The van der Waals surface area contributed by atoms with E-state index in [2.05, 4.69) is 10.2 Å². The average molecular weight is 373 g/mol. The molecule has 0 aliphatic carbocycles. The summed E-state index contributed by atoms with van der Waals surface area (Å²) in [5, 5.41) is 3.65. The maximum atomic E-state index is 13.3. The Morgan fingerprint density at radius 1 is 1.23 bits per heavy atom. The number of carbonyl (C=O) groups is 1. The van der Waals surface area contributed by atoms with Crippen molar-refractivity contribution in [1.82, 2.24) is 9.88 Å². The Kier molecular flexibility index (Phi) is 4.65. The molecule has 1 amide bonds. The fourth-order valence-electron chi connectivity index (χ4n) is 3.29. The summed E-state index contributed by atoms with van der Waals surface area (Å²) in [6.07, 6.45) is 1.96. The lowest BCUT2D eigenvalue weighted by Crippen LogP contribution is -2.32. The number of fused-ring (bicyclic) bond motifs is 1. The van der Waals surface area contributed by atoms with Gasteiger partial charge in [-0.15, -0.1) is 11.3 Å². The van der Waals surface area contributed by atoms with Crippen LogP contribution in [0.3, 0.4) is 0 Å². The molecule has 1 atom stereocenters. The molecule has 0 radical (unpaired) electrons. The van der Waals surface area contributed by atoms with Gasteiger partial charge in [0.25, 0.3) is 0 Å². The predicted molar refractivity (Wildman–Crippen MR) is 98.2 cm³/mol. The maximum Gasteiger partial charge on any atom is 0.238 e. The minimum absolute atomic E-state index is 0.114. The number of aromatic nitrogens is 1. The van der Waals surface area contributed by atoms with Gasteiger partial charge in [0.2, 0.25) is 5.91 Å². The maximum absolute atomic E-state index is 13.3. The molecule has 26 heavy (non-hydrogen) atoms. The van der Waals surface area contributed by atoms with E-state index >= 15 is 0 Å². The van der Waals surface area contributed by atoms with Gasteiger partial charge >= 0.3 is 0 Å². The van der Waals surface area contributed by atoms with Crippen LogP contribution in [0, 0.1) is 11.6 Å². The summed E-state index contributed by atoms with van der Waals surface area (Å²) < 4.78 is 27.4. The van der Waals surface area contributed by atoms with E-state index in [1.807, 2.05) is 24.3 Å². The highest BCUT2D eigenvalue weighted by Gasteiger charge is 2.30. The molecule has 1 aromatic heterocycles. The number of hydrogen-bond acceptors (Lipinski definition) is 4. The summed E-state index contributed by atoms with van der Waals surface area (Å²) >= 11 is 1.66. The second-order valence-electron chi connectivity index (χ2n) is 6.33.